The van der Waals surface area contributed by atoms with Crippen LogP contribution in [0.5, 0.6) is 0 Å². The van der Waals surface area contributed by atoms with Crippen molar-refractivity contribution < 1.29 is 56.8 Å². The van der Waals surface area contributed by atoms with Gasteiger partial charge in [0.15, 0.2) is 12.6 Å². The first-order valence-corrected chi connectivity index (χ1v) is 28.6. The summed E-state index contributed by atoms with van der Waals surface area (Å²) in [5.74, 6) is -0.464. The third-order valence-corrected chi connectivity index (χ3v) is 15.4. The Morgan fingerprint density at radius 1 is 0.272 bits per heavy atom. The molecule has 81 heavy (non-hydrogen) atoms. The molecule has 6 unspecified atom stereocenters. The zero-order valence-corrected chi connectivity index (χ0v) is 46.9. The molecule has 3 fully saturated rings. The molecule has 3 aliphatic rings. The summed E-state index contributed by atoms with van der Waals surface area (Å²) in [6, 6.07) is 70.9. The van der Waals surface area contributed by atoms with E-state index in [1.807, 2.05) is 172 Å². The fourth-order valence-electron chi connectivity index (χ4n) is 11.0. The van der Waals surface area contributed by atoms with E-state index in [0.29, 0.717) is 33.0 Å². The summed E-state index contributed by atoms with van der Waals surface area (Å²) in [4.78, 5) is 0. The van der Waals surface area contributed by atoms with Gasteiger partial charge in [0.25, 0.3) is 0 Å². The van der Waals surface area contributed by atoms with E-state index in [1.54, 1.807) is 0 Å². The van der Waals surface area contributed by atoms with Crippen molar-refractivity contribution in [1.82, 2.24) is 0 Å². The van der Waals surface area contributed by atoms with Crippen LogP contribution in [0.25, 0.3) is 0 Å². The monoisotopic (exact) mass is 1100 g/mol. The first-order valence-electron chi connectivity index (χ1n) is 28.6. The molecule has 0 bridgehead atoms. The minimum absolute atomic E-state index is 0.167. The van der Waals surface area contributed by atoms with Crippen LogP contribution in [-0.2, 0) is 103 Å². The van der Waals surface area contributed by atoms with Gasteiger partial charge in [0.2, 0.25) is 0 Å². The zero-order valence-electron chi connectivity index (χ0n) is 46.9. The molecule has 15 atom stereocenters. The first-order chi connectivity index (χ1) is 39.8. The maximum Gasteiger partial charge on any atom is 0.187 e. The van der Waals surface area contributed by atoms with Gasteiger partial charge in [-0.25, -0.2) is 0 Å². The number of hydrogen-bond acceptors (Lipinski definition) is 12. The lowest BCUT2D eigenvalue weighted by Gasteiger charge is -2.51. The number of hydrogen-bond donors (Lipinski definition) is 0. The molecule has 10 rings (SSSR count). The Balaban J connectivity index is 0.997. The van der Waals surface area contributed by atoms with E-state index in [1.165, 1.54) is 0 Å². The molecular formula is C69H78O12. The lowest BCUT2D eigenvalue weighted by molar-refractivity contribution is -0.374. The Morgan fingerprint density at radius 3 is 0.975 bits per heavy atom. The fraction of sp³-hybridized carbons (Fsp3) is 0.391. The molecule has 12 nitrogen and oxygen atoms in total. The maximum atomic E-state index is 7.60. The largest absolute Gasteiger partial charge is 0.374 e. The summed E-state index contributed by atoms with van der Waals surface area (Å²) in [6.45, 7) is 10.5. The van der Waals surface area contributed by atoms with Gasteiger partial charge >= 0.3 is 0 Å². The van der Waals surface area contributed by atoms with Gasteiger partial charge in [-0.05, 0) is 59.7 Å². The molecule has 12 heteroatoms. The Hall–Kier alpha value is -5.94. The van der Waals surface area contributed by atoms with E-state index in [4.69, 9.17) is 56.8 Å². The summed E-state index contributed by atoms with van der Waals surface area (Å²) in [5.41, 5.74) is 7.11. The second-order valence-corrected chi connectivity index (χ2v) is 21.4. The standard InChI is InChI=1S/C69H78O12/c1-48-60(61(71-41-53-28-14-6-15-29-53)50(3)78-68(48)81-63-51(4)77-49(2)62(72-42-54-30-16-7-17-31-54)65(63)74-44-56-34-20-9-21-35-56)80-69-67(76-46-58-38-24-11-25-39-58)66(75-45-57-36-22-10-23-37-57)64(73-43-55-32-18-8-19-33-55)59(79-69)47-70-40-52-26-12-5-13-27-52/h5-39,48-51,59-69H,40-47H2,1-4H3/t48?,49?,50?,51-,59+,60-,61-,62-,63?,64+,65+,66?,67?,68-,69+/m0/s1. The molecule has 0 spiro atoms. The highest BCUT2D eigenvalue weighted by atomic mass is 16.8. The van der Waals surface area contributed by atoms with E-state index in [-0.39, 0.29) is 25.9 Å². The quantitative estimate of drug-likeness (QED) is 0.0515. The molecule has 7 aromatic rings. The van der Waals surface area contributed by atoms with E-state index in [2.05, 4.69) is 67.6 Å². The van der Waals surface area contributed by atoms with Gasteiger partial charge in [-0.3, -0.25) is 0 Å². The number of ether oxygens (including phenoxy) is 12. The third kappa shape index (κ3) is 16.2. The van der Waals surface area contributed by atoms with Crippen LogP contribution in [-0.4, -0.2) is 92.4 Å². The normalized spacial score (nSPS) is 28.6. The zero-order chi connectivity index (χ0) is 55.6. The highest BCUT2D eigenvalue weighted by Gasteiger charge is 2.54. The topological polar surface area (TPSA) is 111 Å². The van der Waals surface area contributed by atoms with Crippen molar-refractivity contribution in [2.24, 2.45) is 5.92 Å². The summed E-state index contributed by atoms with van der Waals surface area (Å²) in [7, 11) is 0. The van der Waals surface area contributed by atoms with E-state index >= 15 is 0 Å². The SMILES string of the molecule is CC1O[C@@H](OC2[C@H](C)OC(C)[C@H](OCc3ccccc3)[C@H]2OCc2ccccc2)C(C)[C@H](O[C@H]2O[C@H](COCc3ccccc3)[C@@H](OCc3ccccc3)C(OCc3ccccc3)C2OCc2ccccc2)[C@H]1OCc1ccccc1. The van der Waals surface area contributed by atoms with Crippen molar-refractivity contribution >= 4 is 0 Å². The van der Waals surface area contributed by atoms with E-state index in [0.717, 1.165) is 38.9 Å². The Kier molecular flexibility index (Phi) is 21.5. The van der Waals surface area contributed by atoms with Gasteiger partial charge in [-0.2, -0.15) is 0 Å². The molecule has 0 N–H and O–H groups in total. The minimum atomic E-state index is -1.03. The lowest BCUT2D eigenvalue weighted by atomic mass is 9.90. The molecular weight excluding hydrogens is 1020 g/mol. The molecule has 0 radical (unpaired) electrons. The van der Waals surface area contributed by atoms with Crippen LogP contribution in [0.2, 0.25) is 0 Å². The van der Waals surface area contributed by atoms with Gasteiger partial charge in [-0.1, -0.05) is 219 Å². The molecule has 3 aliphatic heterocycles. The predicted octanol–water partition coefficient (Wildman–Crippen LogP) is 12.4. The van der Waals surface area contributed by atoms with Crippen LogP contribution in [0.4, 0.5) is 0 Å². The average molecular weight is 1100 g/mol. The summed E-state index contributed by atoms with van der Waals surface area (Å²) < 4.78 is 84.5. The Labute approximate surface area is 478 Å². The highest BCUT2D eigenvalue weighted by molar-refractivity contribution is 5.19. The third-order valence-electron chi connectivity index (χ3n) is 15.4. The van der Waals surface area contributed by atoms with E-state index in [9.17, 15) is 0 Å². The second kappa shape index (κ2) is 29.9. The molecule has 426 valence electrons. The molecule has 3 saturated heterocycles. The van der Waals surface area contributed by atoms with E-state index < -0.39 is 85.6 Å². The molecule has 7 aromatic carbocycles. The lowest BCUT2D eigenvalue weighted by Crippen LogP contribution is -2.65. The van der Waals surface area contributed by atoms with Crippen LogP contribution in [0.1, 0.15) is 66.6 Å². The summed E-state index contributed by atoms with van der Waals surface area (Å²) in [5, 5.41) is 0. The summed E-state index contributed by atoms with van der Waals surface area (Å²) >= 11 is 0. The average Bonchev–Trinajstić information content (AvgIpc) is 3.57. The van der Waals surface area contributed by atoms with Gasteiger partial charge in [-0.15, -0.1) is 0 Å². The minimum Gasteiger partial charge on any atom is -0.374 e. The predicted molar refractivity (Wildman–Crippen MR) is 308 cm³/mol. The maximum absolute atomic E-state index is 7.60. The van der Waals surface area contributed by atoms with Crippen molar-refractivity contribution in [2.75, 3.05) is 6.61 Å². The van der Waals surface area contributed by atoms with Crippen LogP contribution in [0.3, 0.4) is 0 Å². The van der Waals surface area contributed by atoms with Gasteiger partial charge in [0, 0.05) is 5.92 Å². The van der Waals surface area contributed by atoms with Crippen LogP contribution in [0.15, 0.2) is 212 Å². The number of rotatable bonds is 26. The molecule has 0 amide bonds. The molecule has 0 saturated carbocycles. The van der Waals surface area contributed by atoms with Crippen LogP contribution >= 0.6 is 0 Å². The second-order valence-electron chi connectivity index (χ2n) is 21.4. The number of benzene rings is 7. The summed E-state index contributed by atoms with van der Waals surface area (Å²) in [6.07, 6.45) is -8.94. The Bertz CT molecular complexity index is 2840. The van der Waals surface area contributed by atoms with Gasteiger partial charge in [0.05, 0.1) is 77.3 Å². The van der Waals surface area contributed by atoms with Gasteiger partial charge < -0.3 is 56.8 Å². The molecule has 0 aromatic heterocycles. The van der Waals surface area contributed by atoms with Crippen LogP contribution < -0.4 is 0 Å². The first kappa shape index (κ1) is 58.3. The van der Waals surface area contributed by atoms with Crippen molar-refractivity contribution in [2.45, 2.75) is 160 Å². The highest BCUT2D eigenvalue weighted by Crippen LogP contribution is 2.40. The van der Waals surface area contributed by atoms with Crippen molar-refractivity contribution in [1.29, 1.82) is 0 Å². The smallest absolute Gasteiger partial charge is 0.187 e. The molecule has 0 aliphatic carbocycles. The van der Waals surface area contributed by atoms with Crippen molar-refractivity contribution in [3.63, 3.8) is 0 Å². The van der Waals surface area contributed by atoms with Crippen molar-refractivity contribution in [3.8, 4) is 0 Å². The fourth-order valence-corrected chi connectivity index (χ4v) is 11.0. The van der Waals surface area contributed by atoms with Gasteiger partial charge in [0.1, 0.15) is 48.8 Å². The van der Waals surface area contributed by atoms with Crippen molar-refractivity contribution in [3.05, 3.63) is 251 Å². The van der Waals surface area contributed by atoms with Crippen LogP contribution in [0, 0.1) is 5.92 Å². The Morgan fingerprint density at radius 2 is 0.568 bits per heavy atom. The molecule has 3 heterocycles.